The highest BCUT2D eigenvalue weighted by atomic mass is 16.7. The van der Waals surface area contributed by atoms with Crippen LogP contribution in [0.5, 0.6) is 0 Å². The Morgan fingerprint density at radius 3 is 1.09 bits per heavy atom. The second kappa shape index (κ2) is 57.0. The minimum absolute atomic E-state index is 0.251. The van der Waals surface area contributed by atoms with Crippen LogP contribution in [0.4, 0.5) is 0 Å². The Bertz CT molecular complexity index is 1330. The molecule has 468 valence electrons. The van der Waals surface area contributed by atoms with Crippen LogP contribution in [0, 0.1) is 0 Å². The highest BCUT2D eigenvalue weighted by molar-refractivity contribution is 5.80. The third-order valence-corrected chi connectivity index (χ3v) is 16.7. The summed E-state index contributed by atoms with van der Waals surface area (Å²) in [5, 5.41) is 76.4. The van der Waals surface area contributed by atoms with Crippen molar-refractivity contribution in [3.8, 4) is 0 Å². The molecule has 0 bridgehead atoms. The number of allylic oxidation sites excluding steroid dienone is 4. The van der Waals surface area contributed by atoms with Gasteiger partial charge in [0.25, 0.3) is 0 Å². The monoisotopic (exact) mass is 1120 g/mol. The number of carbonyl (C=O) groups excluding carboxylic acids is 1. The first kappa shape index (κ1) is 75.6. The van der Waals surface area contributed by atoms with Gasteiger partial charge in [-0.2, -0.15) is 0 Å². The van der Waals surface area contributed by atoms with E-state index in [-0.39, 0.29) is 12.8 Å². The van der Waals surface area contributed by atoms with Crippen molar-refractivity contribution in [2.24, 2.45) is 0 Å². The second-order valence-corrected chi connectivity index (χ2v) is 24.2. The Balaban J connectivity index is 2.23. The molecule has 1 aliphatic rings. The fraction of sp³-hybridized carbons (Fsp3) is 0.926. The number of nitrogens with one attached hydrogen (secondary N) is 1. The van der Waals surface area contributed by atoms with Crippen LogP contribution >= 0.6 is 0 Å². The second-order valence-electron chi connectivity index (χ2n) is 24.2. The van der Waals surface area contributed by atoms with Crippen molar-refractivity contribution < 1.29 is 50.0 Å². The van der Waals surface area contributed by atoms with Crippen molar-refractivity contribution in [1.82, 2.24) is 5.32 Å². The molecule has 0 saturated carbocycles. The number of ether oxygens (including phenoxy) is 2. The van der Waals surface area contributed by atoms with Gasteiger partial charge in [0.2, 0.25) is 5.91 Å². The first-order valence-electron chi connectivity index (χ1n) is 34.2. The van der Waals surface area contributed by atoms with Gasteiger partial charge < -0.3 is 50.5 Å². The van der Waals surface area contributed by atoms with Crippen LogP contribution in [0.25, 0.3) is 0 Å². The average molecular weight is 1120 g/mol. The predicted octanol–water partition coefficient (Wildman–Crippen LogP) is 16.0. The van der Waals surface area contributed by atoms with E-state index in [4.69, 9.17) is 9.47 Å². The van der Waals surface area contributed by atoms with Gasteiger partial charge in [0.05, 0.1) is 25.4 Å². The van der Waals surface area contributed by atoms with E-state index in [1.54, 1.807) is 0 Å². The topological polar surface area (TPSA) is 189 Å². The van der Waals surface area contributed by atoms with Gasteiger partial charge in [-0.25, -0.2) is 0 Å². The van der Waals surface area contributed by atoms with E-state index in [2.05, 4.69) is 43.5 Å². The van der Waals surface area contributed by atoms with Crippen molar-refractivity contribution >= 4 is 5.91 Å². The molecular weight excluding hydrogens is 991 g/mol. The van der Waals surface area contributed by atoms with E-state index in [9.17, 15) is 40.5 Å². The van der Waals surface area contributed by atoms with Crippen LogP contribution in [0.3, 0.4) is 0 Å². The number of carbonyl (C=O) groups is 1. The zero-order valence-corrected chi connectivity index (χ0v) is 51.6. The summed E-state index contributed by atoms with van der Waals surface area (Å²) in [6, 6.07) is -1.19. The van der Waals surface area contributed by atoms with E-state index >= 15 is 0 Å². The minimum atomic E-state index is -1.67. The molecule has 1 heterocycles. The Labute approximate surface area is 486 Å². The van der Waals surface area contributed by atoms with Gasteiger partial charge >= 0.3 is 0 Å². The molecule has 0 spiro atoms. The molecule has 79 heavy (non-hydrogen) atoms. The van der Waals surface area contributed by atoms with Crippen LogP contribution < -0.4 is 5.32 Å². The minimum Gasteiger partial charge on any atom is -0.394 e. The lowest BCUT2D eigenvalue weighted by Crippen LogP contribution is -2.60. The fourth-order valence-electron chi connectivity index (χ4n) is 11.2. The van der Waals surface area contributed by atoms with Crippen LogP contribution in [-0.4, -0.2) is 110 Å². The highest BCUT2D eigenvalue weighted by Crippen LogP contribution is 2.24. The third kappa shape index (κ3) is 44.7. The largest absolute Gasteiger partial charge is 0.394 e. The molecule has 0 aromatic rings. The molecule has 1 amide bonds. The summed E-state index contributed by atoms with van der Waals surface area (Å²) in [6.45, 7) is 3.49. The van der Waals surface area contributed by atoms with Crippen LogP contribution in [0.15, 0.2) is 24.3 Å². The molecule has 11 heteroatoms. The summed E-state index contributed by atoms with van der Waals surface area (Å²) in [4.78, 5) is 13.2. The molecule has 1 saturated heterocycles. The number of hydrogen-bond acceptors (Lipinski definition) is 10. The van der Waals surface area contributed by atoms with E-state index < -0.39 is 74.2 Å². The molecule has 0 aromatic heterocycles. The average Bonchev–Trinajstić information content (AvgIpc) is 3.46. The maximum absolute atomic E-state index is 13.2. The van der Waals surface area contributed by atoms with Gasteiger partial charge in [0.15, 0.2) is 6.29 Å². The molecule has 1 aliphatic heterocycles. The number of amides is 1. The lowest BCUT2D eigenvalue weighted by molar-refractivity contribution is -0.303. The highest BCUT2D eigenvalue weighted by Gasteiger charge is 2.44. The fourth-order valence-corrected chi connectivity index (χ4v) is 11.2. The molecule has 1 rings (SSSR count). The number of aliphatic hydroxyl groups is 7. The number of unbranched alkanes of at least 4 members (excludes halogenated alkanes) is 44. The van der Waals surface area contributed by atoms with Crippen LogP contribution in [-0.2, 0) is 14.3 Å². The molecule has 9 atom stereocenters. The third-order valence-electron chi connectivity index (χ3n) is 16.7. The molecular formula is C68H131NO10. The Hall–Kier alpha value is -1.41. The zero-order valence-electron chi connectivity index (χ0n) is 51.6. The lowest BCUT2D eigenvalue weighted by Gasteiger charge is -2.40. The first-order valence-corrected chi connectivity index (χ1v) is 34.2. The maximum atomic E-state index is 13.2. The van der Waals surface area contributed by atoms with E-state index in [1.807, 2.05) is 0 Å². The summed E-state index contributed by atoms with van der Waals surface area (Å²) >= 11 is 0. The SMILES string of the molecule is CCCCCCCCCCCCCC/C=C\CCCCCCCCCC(O)C(=O)NC(COC1OC(CO)C(O)C(O)C1O)C(O)C(O)CCC/C=C/CCCCCCCCCCCCCCCCCCCCCCCCCC. The smallest absolute Gasteiger partial charge is 0.249 e. The first-order chi connectivity index (χ1) is 38.7. The van der Waals surface area contributed by atoms with Gasteiger partial charge in [0, 0.05) is 0 Å². The Morgan fingerprint density at radius 2 is 0.747 bits per heavy atom. The normalized spacial score (nSPS) is 19.4. The molecule has 0 aliphatic carbocycles. The van der Waals surface area contributed by atoms with E-state index in [0.29, 0.717) is 12.8 Å². The number of rotatable bonds is 60. The van der Waals surface area contributed by atoms with Crippen molar-refractivity contribution in [1.29, 1.82) is 0 Å². The Morgan fingerprint density at radius 1 is 0.430 bits per heavy atom. The van der Waals surface area contributed by atoms with Crippen molar-refractivity contribution in [3.63, 3.8) is 0 Å². The molecule has 0 radical (unpaired) electrons. The summed E-state index contributed by atoms with van der Waals surface area (Å²) in [5.74, 6) is -0.704. The summed E-state index contributed by atoms with van der Waals surface area (Å²) in [7, 11) is 0. The molecule has 11 nitrogen and oxygen atoms in total. The van der Waals surface area contributed by atoms with E-state index in [0.717, 1.165) is 44.9 Å². The van der Waals surface area contributed by atoms with E-state index in [1.165, 1.54) is 250 Å². The molecule has 9 unspecified atom stereocenters. The quantitative estimate of drug-likeness (QED) is 0.0215. The lowest BCUT2D eigenvalue weighted by atomic mass is 9.98. The summed E-state index contributed by atoms with van der Waals surface area (Å²) < 4.78 is 11.2. The predicted molar refractivity (Wildman–Crippen MR) is 330 cm³/mol. The molecule has 8 N–H and O–H groups in total. The van der Waals surface area contributed by atoms with Gasteiger partial charge in [-0.3, -0.25) is 4.79 Å². The van der Waals surface area contributed by atoms with Gasteiger partial charge in [-0.05, 0) is 64.2 Å². The van der Waals surface area contributed by atoms with Crippen molar-refractivity contribution in [2.45, 2.75) is 390 Å². The summed E-state index contributed by atoms with van der Waals surface area (Å²) in [5.41, 5.74) is 0. The van der Waals surface area contributed by atoms with Crippen LogP contribution in [0.2, 0.25) is 0 Å². The van der Waals surface area contributed by atoms with Gasteiger partial charge in [0.1, 0.15) is 36.6 Å². The standard InChI is InChI=1S/C68H131NO10/c1-3-5-7-9-11-13-15-17-19-21-23-25-27-28-29-30-31-32-34-35-37-39-41-43-45-47-49-51-53-55-60(71)63(73)59(58-78-68-66(76)65(75)64(74)62(57-70)79-68)69-67(77)61(72)56-54-52-50-48-46-44-42-40-38-36-33-26-24-22-20-18-16-14-12-10-8-6-4-2/h36,38,47,49,59-66,68,70-76H,3-35,37,39-46,48,50-58H2,1-2H3,(H,69,77)/b38-36-,49-47+. The van der Waals surface area contributed by atoms with Gasteiger partial charge in [-0.15, -0.1) is 0 Å². The van der Waals surface area contributed by atoms with Gasteiger partial charge in [-0.1, -0.05) is 295 Å². The summed E-state index contributed by atoms with van der Waals surface area (Å²) in [6.07, 6.45) is 59.7. The molecule has 1 fully saturated rings. The zero-order chi connectivity index (χ0) is 57.5. The molecule has 0 aromatic carbocycles. The Kier molecular flexibility index (Phi) is 54.6. The van der Waals surface area contributed by atoms with Crippen molar-refractivity contribution in [3.05, 3.63) is 24.3 Å². The van der Waals surface area contributed by atoms with Crippen LogP contribution in [0.1, 0.15) is 335 Å². The maximum Gasteiger partial charge on any atom is 0.249 e. The number of hydrogen-bond donors (Lipinski definition) is 8. The number of aliphatic hydroxyl groups excluding tert-OH is 7. The van der Waals surface area contributed by atoms with Crippen molar-refractivity contribution in [2.75, 3.05) is 13.2 Å².